The van der Waals surface area contributed by atoms with Crippen LogP contribution in [0, 0.1) is 0 Å². The zero-order valence-electron chi connectivity index (χ0n) is 24.1. The van der Waals surface area contributed by atoms with Crippen LogP contribution >= 0.6 is 0 Å². The first-order valence-corrected chi connectivity index (χ1v) is 16.9. The molecule has 1 aromatic carbocycles. The molecule has 0 saturated carbocycles. The van der Waals surface area contributed by atoms with E-state index in [1.807, 2.05) is 4.68 Å². The Morgan fingerprint density at radius 3 is 2.58 bits per heavy atom. The number of hydrogen-bond donors (Lipinski definition) is 1. The molecule has 1 saturated heterocycles. The second kappa shape index (κ2) is 11.9. The van der Waals surface area contributed by atoms with Crippen molar-refractivity contribution >= 4 is 19.2 Å². The molecule has 3 aromatic rings. The normalized spacial score (nSPS) is 18.6. The average molecular weight is 544 g/mol. The minimum atomic E-state index is -2.00. The van der Waals surface area contributed by atoms with Gasteiger partial charge in [0, 0.05) is 25.2 Å². The van der Waals surface area contributed by atoms with E-state index in [9.17, 15) is 5.11 Å². The number of aliphatic hydroxyl groups is 1. The van der Waals surface area contributed by atoms with E-state index in [4.69, 9.17) is 24.1 Å². The van der Waals surface area contributed by atoms with E-state index in [1.54, 1.807) is 17.9 Å². The fourth-order valence-corrected chi connectivity index (χ4v) is 5.30. The Labute approximate surface area is 227 Å². The van der Waals surface area contributed by atoms with E-state index in [2.05, 4.69) is 64.1 Å². The third-order valence-electron chi connectivity index (χ3n) is 7.79. The summed E-state index contributed by atoms with van der Waals surface area (Å²) >= 11 is 0. The zero-order chi connectivity index (χ0) is 27.5. The fourth-order valence-electron chi connectivity index (χ4n) is 4.28. The van der Waals surface area contributed by atoms with Crippen molar-refractivity contribution in [3.05, 3.63) is 24.4 Å². The molecule has 1 aliphatic heterocycles. The minimum Gasteiger partial charge on any atom is -0.543 e. The van der Waals surface area contributed by atoms with E-state index >= 15 is 0 Å². The van der Waals surface area contributed by atoms with Crippen LogP contribution in [0.25, 0.3) is 22.3 Å². The van der Waals surface area contributed by atoms with Crippen LogP contribution in [-0.4, -0.2) is 64.1 Å². The Bertz CT molecular complexity index is 1190. The summed E-state index contributed by atoms with van der Waals surface area (Å²) in [5.74, 6) is 0.865. The predicted octanol–water partition coefficient (Wildman–Crippen LogP) is 6.12. The number of ether oxygens (including phenoxy) is 2. The quantitative estimate of drug-likeness (QED) is 0.230. The summed E-state index contributed by atoms with van der Waals surface area (Å²) in [6, 6.07) is 6.34. The summed E-state index contributed by atoms with van der Waals surface area (Å²) in [5, 5.41) is 24.9. The van der Waals surface area contributed by atoms with Gasteiger partial charge in [-0.3, -0.25) is 0 Å². The molecule has 1 aliphatic rings. The molecule has 1 unspecified atom stereocenters. The summed E-state index contributed by atoms with van der Waals surface area (Å²) < 4.78 is 20.4. The lowest BCUT2D eigenvalue weighted by Gasteiger charge is -2.36. The van der Waals surface area contributed by atoms with Crippen molar-refractivity contribution in [1.82, 2.24) is 24.8 Å². The van der Waals surface area contributed by atoms with Gasteiger partial charge >= 0.3 is 0 Å². The molecular weight excluding hydrogens is 498 g/mol. The number of fused-ring (bicyclic) bond motifs is 1. The Morgan fingerprint density at radius 2 is 1.89 bits per heavy atom. The highest BCUT2D eigenvalue weighted by atomic mass is 28.4. The molecule has 0 amide bonds. The Balaban J connectivity index is 1.61. The van der Waals surface area contributed by atoms with Crippen molar-refractivity contribution in [2.45, 2.75) is 103 Å². The average Bonchev–Trinajstić information content (AvgIpc) is 3.48. The van der Waals surface area contributed by atoms with Crippen LogP contribution in [0.1, 0.15) is 79.0 Å². The SMILES string of the molecule is C[C@H](O)CCOCC[C@H](C)n1ncc(-c2nn(C3CCCCO3)c3ccc(O[Si](C)(C)C(C)(C)C)cc23)n1. The highest BCUT2D eigenvalue weighted by Gasteiger charge is 2.39. The lowest BCUT2D eigenvalue weighted by atomic mass is 10.1. The van der Waals surface area contributed by atoms with Gasteiger partial charge in [-0.15, -0.1) is 0 Å². The standard InChI is InChI=1S/C28H45N5O4Si/c1-20(13-16-35-17-14-21(2)34)33-29-19-24(30-33)27-23-18-22(37-38(6,7)28(3,4)5)11-12-25(23)32(31-27)26-10-8-9-15-36-26/h11-12,18-21,26,34H,8-10,13-17H2,1-7H3/t20-,21-,26?/m0/s1. The van der Waals surface area contributed by atoms with Crippen molar-refractivity contribution < 1.29 is 19.0 Å². The van der Waals surface area contributed by atoms with Gasteiger partial charge in [0.15, 0.2) is 6.23 Å². The monoisotopic (exact) mass is 543 g/mol. The Hall–Kier alpha value is -2.27. The van der Waals surface area contributed by atoms with Gasteiger partial charge in [0.2, 0.25) is 8.32 Å². The third-order valence-corrected chi connectivity index (χ3v) is 12.1. The molecule has 38 heavy (non-hydrogen) atoms. The number of aromatic nitrogens is 5. The van der Waals surface area contributed by atoms with E-state index in [0.717, 1.165) is 60.3 Å². The molecule has 0 spiro atoms. The van der Waals surface area contributed by atoms with E-state index in [0.29, 0.717) is 19.6 Å². The maximum Gasteiger partial charge on any atom is 0.250 e. The molecular formula is C28H45N5O4Si. The summed E-state index contributed by atoms with van der Waals surface area (Å²) in [5.41, 5.74) is 2.54. The van der Waals surface area contributed by atoms with E-state index < -0.39 is 8.32 Å². The van der Waals surface area contributed by atoms with Gasteiger partial charge in [-0.1, -0.05) is 20.8 Å². The molecule has 2 aromatic heterocycles. The number of benzene rings is 1. The molecule has 3 heterocycles. The fraction of sp³-hybridized carbons (Fsp3) is 0.679. The van der Waals surface area contributed by atoms with Crippen molar-refractivity contribution in [3.63, 3.8) is 0 Å². The van der Waals surface area contributed by atoms with Crippen LogP contribution in [0.5, 0.6) is 5.75 Å². The number of aliphatic hydroxyl groups excluding tert-OH is 1. The van der Waals surface area contributed by atoms with Crippen molar-refractivity contribution in [2.24, 2.45) is 0 Å². The molecule has 3 atom stereocenters. The van der Waals surface area contributed by atoms with Gasteiger partial charge in [0.05, 0.1) is 23.9 Å². The molecule has 0 bridgehead atoms. The Morgan fingerprint density at radius 1 is 1.13 bits per heavy atom. The summed E-state index contributed by atoms with van der Waals surface area (Å²) in [6.45, 7) is 17.0. The lowest BCUT2D eigenvalue weighted by Crippen LogP contribution is -2.43. The zero-order valence-corrected chi connectivity index (χ0v) is 25.1. The minimum absolute atomic E-state index is 0.0720. The van der Waals surface area contributed by atoms with Crippen molar-refractivity contribution in [1.29, 1.82) is 0 Å². The maximum absolute atomic E-state index is 9.39. The first-order valence-electron chi connectivity index (χ1n) is 14.0. The second-order valence-corrected chi connectivity index (χ2v) is 16.8. The predicted molar refractivity (Wildman–Crippen MR) is 152 cm³/mol. The molecule has 1 N–H and O–H groups in total. The van der Waals surface area contributed by atoms with Crippen LogP contribution in [0.2, 0.25) is 18.1 Å². The molecule has 0 radical (unpaired) electrons. The molecule has 4 rings (SSSR count). The first-order chi connectivity index (χ1) is 18.0. The largest absolute Gasteiger partial charge is 0.543 e. The van der Waals surface area contributed by atoms with Crippen molar-refractivity contribution in [2.75, 3.05) is 19.8 Å². The third kappa shape index (κ3) is 6.65. The van der Waals surface area contributed by atoms with Crippen molar-refractivity contribution in [3.8, 4) is 17.1 Å². The van der Waals surface area contributed by atoms with Gasteiger partial charge in [-0.05, 0) is 82.3 Å². The second-order valence-electron chi connectivity index (χ2n) is 12.1. The topological polar surface area (TPSA) is 96.5 Å². The van der Waals surface area contributed by atoms with Crippen LogP contribution in [0.3, 0.4) is 0 Å². The number of nitrogens with zero attached hydrogens (tertiary/aromatic N) is 5. The van der Waals surface area contributed by atoms with E-state index in [-0.39, 0.29) is 23.4 Å². The van der Waals surface area contributed by atoms with Crippen LogP contribution in [-0.2, 0) is 9.47 Å². The molecule has 10 heteroatoms. The molecule has 9 nitrogen and oxygen atoms in total. The smallest absolute Gasteiger partial charge is 0.250 e. The van der Waals surface area contributed by atoms with Gasteiger partial charge < -0.3 is 19.0 Å². The van der Waals surface area contributed by atoms with E-state index in [1.165, 1.54) is 0 Å². The lowest BCUT2D eigenvalue weighted by molar-refractivity contribution is -0.0365. The van der Waals surface area contributed by atoms with Gasteiger partial charge in [0.25, 0.3) is 0 Å². The maximum atomic E-state index is 9.39. The van der Waals surface area contributed by atoms with Crippen LogP contribution in [0.15, 0.2) is 24.4 Å². The van der Waals surface area contributed by atoms with Gasteiger partial charge in [-0.2, -0.15) is 20.1 Å². The summed E-state index contributed by atoms with van der Waals surface area (Å²) in [4.78, 5) is 1.74. The van der Waals surface area contributed by atoms with Crippen LogP contribution in [0.4, 0.5) is 0 Å². The van der Waals surface area contributed by atoms with Crippen LogP contribution < -0.4 is 4.43 Å². The number of hydrogen-bond acceptors (Lipinski definition) is 7. The van der Waals surface area contributed by atoms with Gasteiger partial charge in [-0.25, -0.2) is 4.68 Å². The summed E-state index contributed by atoms with van der Waals surface area (Å²) in [6.07, 6.45) is 5.94. The first kappa shape index (κ1) is 28.7. The molecule has 1 fully saturated rings. The highest BCUT2D eigenvalue weighted by Crippen LogP contribution is 2.39. The molecule has 0 aliphatic carbocycles. The Kier molecular flexibility index (Phi) is 8.96. The number of rotatable bonds is 11. The highest BCUT2D eigenvalue weighted by molar-refractivity contribution is 6.74. The van der Waals surface area contributed by atoms with Gasteiger partial charge in [0.1, 0.15) is 17.1 Å². The molecule has 210 valence electrons. The summed E-state index contributed by atoms with van der Waals surface area (Å²) in [7, 11) is -2.00.